The van der Waals surface area contributed by atoms with E-state index < -0.39 is 0 Å². The molecule has 0 saturated carbocycles. The predicted octanol–water partition coefficient (Wildman–Crippen LogP) is 3.41. The number of nitriles is 1. The molecule has 3 N–H and O–H groups in total. The summed E-state index contributed by atoms with van der Waals surface area (Å²) in [6.45, 7) is 0. The summed E-state index contributed by atoms with van der Waals surface area (Å²) in [5, 5.41) is 19.0. The number of anilines is 2. The van der Waals surface area contributed by atoms with Gasteiger partial charge in [-0.25, -0.2) is 0 Å². The Kier molecular flexibility index (Phi) is 4.23. The van der Waals surface area contributed by atoms with E-state index in [4.69, 9.17) is 23.2 Å². The summed E-state index contributed by atoms with van der Waals surface area (Å²) in [6.07, 6.45) is 0. The van der Waals surface area contributed by atoms with Crippen LogP contribution in [0.5, 0.6) is 5.75 Å². The van der Waals surface area contributed by atoms with Crippen molar-refractivity contribution in [1.82, 2.24) is 0 Å². The molecule has 0 fully saturated rings. The van der Waals surface area contributed by atoms with Gasteiger partial charge in [0, 0.05) is 4.47 Å². The van der Waals surface area contributed by atoms with Crippen LogP contribution < -0.4 is 10.6 Å². The molecule has 0 aliphatic carbocycles. The zero-order chi connectivity index (χ0) is 14.7. The van der Waals surface area contributed by atoms with Crippen LogP contribution in [0.4, 0.5) is 11.4 Å². The molecule has 0 radical (unpaired) electrons. The van der Waals surface area contributed by atoms with Crippen molar-refractivity contribution in [1.29, 1.82) is 5.26 Å². The molecular formula is C14H10BrN3OS. The van der Waals surface area contributed by atoms with Gasteiger partial charge in [0.1, 0.15) is 5.75 Å². The smallest absolute Gasteiger partial charge is 0.175 e. The van der Waals surface area contributed by atoms with Gasteiger partial charge < -0.3 is 10.8 Å². The predicted molar refractivity (Wildman–Crippen MR) is 85.9 cm³/mol. The van der Waals surface area contributed by atoms with E-state index in [1.54, 1.807) is 12.1 Å². The first-order valence-corrected chi connectivity index (χ1v) is 6.82. The van der Waals surface area contributed by atoms with Crippen LogP contribution in [0.2, 0.25) is 0 Å². The quantitative estimate of drug-likeness (QED) is 0.814. The highest BCUT2D eigenvalue weighted by atomic mass is 79.9. The SMILES string of the molecule is N#Cc1ccc(N(C(N)=S)c2ccccc2Br)c(O)c1. The molecule has 2 aromatic carbocycles. The van der Waals surface area contributed by atoms with Gasteiger partial charge in [-0.1, -0.05) is 12.1 Å². The van der Waals surface area contributed by atoms with Crippen LogP contribution in [0, 0.1) is 11.3 Å². The number of phenolic OH excluding ortho intramolecular Hbond substituents is 1. The van der Waals surface area contributed by atoms with E-state index in [1.165, 1.54) is 11.0 Å². The molecule has 4 nitrogen and oxygen atoms in total. The maximum Gasteiger partial charge on any atom is 0.175 e. The van der Waals surface area contributed by atoms with Crippen molar-refractivity contribution in [3.8, 4) is 11.8 Å². The second kappa shape index (κ2) is 5.90. The average molecular weight is 348 g/mol. The van der Waals surface area contributed by atoms with Gasteiger partial charge in [-0.2, -0.15) is 5.26 Å². The Morgan fingerprint density at radius 3 is 2.50 bits per heavy atom. The number of phenols is 1. The lowest BCUT2D eigenvalue weighted by atomic mass is 10.1. The number of benzene rings is 2. The largest absolute Gasteiger partial charge is 0.506 e. The number of rotatable bonds is 2. The van der Waals surface area contributed by atoms with E-state index in [1.807, 2.05) is 30.3 Å². The fraction of sp³-hybridized carbons (Fsp3) is 0. The van der Waals surface area contributed by atoms with Gasteiger partial charge in [-0.3, -0.25) is 4.90 Å². The number of hydrogen-bond donors (Lipinski definition) is 2. The van der Waals surface area contributed by atoms with Crippen LogP contribution in [0.25, 0.3) is 0 Å². The number of nitrogens with zero attached hydrogens (tertiary/aromatic N) is 2. The molecule has 2 rings (SSSR count). The third kappa shape index (κ3) is 2.74. The summed E-state index contributed by atoms with van der Waals surface area (Å²) in [5.41, 5.74) is 7.26. The van der Waals surface area contributed by atoms with Crippen molar-refractivity contribution in [3.63, 3.8) is 0 Å². The summed E-state index contributed by atoms with van der Waals surface area (Å²) in [6, 6.07) is 13.9. The van der Waals surface area contributed by atoms with E-state index in [-0.39, 0.29) is 10.9 Å². The van der Waals surface area contributed by atoms with Crippen molar-refractivity contribution >= 4 is 44.6 Å². The number of hydrogen-bond acceptors (Lipinski definition) is 3. The molecule has 0 amide bonds. The fourth-order valence-electron chi connectivity index (χ4n) is 1.78. The Labute approximate surface area is 130 Å². The van der Waals surface area contributed by atoms with Gasteiger partial charge in [-0.15, -0.1) is 0 Å². The van der Waals surface area contributed by atoms with Gasteiger partial charge in [-0.05, 0) is 58.5 Å². The molecule has 100 valence electrons. The molecule has 0 atom stereocenters. The van der Waals surface area contributed by atoms with Crippen LogP contribution >= 0.6 is 28.1 Å². The molecule has 0 heterocycles. The highest BCUT2D eigenvalue weighted by molar-refractivity contribution is 9.10. The van der Waals surface area contributed by atoms with Gasteiger partial charge in [0.05, 0.1) is 23.0 Å². The topological polar surface area (TPSA) is 73.3 Å². The molecule has 6 heteroatoms. The van der Waals surface area contributed by atoms with Gasteiger partial charge >= 0.3 is 0 Å². The Hall–Kier alpha value is -2.10. The first kappa shape index (κ1) is 14.3. The zero-order valence-electron chi connectivity index (χ0n) is 10.2. The van der Waals surface area contributed by atoms with E-state index in [2.05, 4.69) is 15.9 Å². The van der Waals surface area contributed by atoms with Gasteiger partial charge in [0.25, 0.3) is 0 Å². The summed E-state index contributed by atoms with van der Waals surface area (Å²) in [5.74, 6) is -0.0624. The van der Waals surface area contributed by atoms with E-state index >= 15 is 0 Å². The summed E-state index contributed by atoms with van der Waals surface area (Å²) in [7, 11) is 0. The van der Waals surface area contributed by atoms with Crippen molar-refractivity contribution in [2.75, 3.05) is 4.90 Å². The zero-order valence-corrected chi connectivity index (χ0v) is 12.6. The second-order valence-electron chi connectivity index (χ2n) is 3.94. The van der Waals surface area contributed by atoms with Gasteiger partial charge in [0.15, 0.2) is 5.11 Å². The first-order chi connectivity index (χ1) is 9.54. The molecule has 0 unspecified atom stereocenters. The number of para-hydroxylation sites is 1. The molecular weight excluding hydrogens is 338 g/mol. The minimum Gasteiger partial charge on any atom is -0.506 e. The monoisotopic (exact) mass is 347 g/mol. The Morgan fingerprint density at radius 2 is 1.95 bits per heavy atom. The molecule has 0 aliphatic rings. The molecule has 0 aromatic heterocycles. The minimum absolute atomic E-state index is 0.0624. The normalized spacial score (nSPS) is 9.80. The maximum atomic E-state index is 10.1. The molecule has 20 heavy (non-hydrogen) atoms. The lowest BCUT2D eigenvalue weighted by Crippen LogP contribution is -2.31. The highest BCUT2D eigenvalue weighted by Crippen LogP contribution is 2.37. The molecule has 0 bridgehead atoms. The third-order valence-electron chi connectivity index (χ3n) is 2.66. The minimum atomic E-state index is -0.0624. The Balaban J connectivity index is 2.59. The molecule has 0 saturated heterocycles. The lowest BCUT2D eigenvalue weighted by Gasteiger charge is -2.24. The number of halogens is 1. The van der Waals surface area contributed by atoms with E-state index in [0.717, 1.165) is 4.47 Å². The van der Waals surface area contributed by atoms with Crippen molar-refractivity contribution in [2.45, 2.75) is 0 Å². The lowest BCUT2D eigenvalue weighted by molar-refractivity contribution is 0.476. The summed E-state index contributed by atoms with van der Waals surface area (Å²) >= 11 is 8.49. The van der Waals surface area contributed by atoms with Crippen molar-refractivity contribution in [2.24, 2.45) is 5.73 Å². The summed E-state index contributed by atoms with van der Waals surface area (Å²) < 4.78 is 0.788. The summed E-state index contributed by atoms with van der Waals surface area (Å²) in [4.78, 5) is 1.54. The Morgan fingerprint density at radius 1 is 1.25 bits per heavy atom. The van der Waals surface area contributed by atoms with Crippen molar-refractivity contribution < 1.29 is 5.11 Å². The van der Waals surface area contributed by atoms with Gasteiger partial charge in [0.2, 0.25) is 0 Å². The fourth-order valence-corrected chi connectivity index (χ4v) is 2.44. The van der Waals surface area contributed by atoms with Crippen LogP contribution in [0.1, 0.15) is 5.56 Å². The highest BCUT2D eigenvalue weighted by Gasteiger charge is 2.18. The van der Waals surface area contributed by atoms with Crippen LogP contribution in [0.3, 0.4) is 0 Å². The average Bonchev–Trinajstić information content (AvgIpc) is 2.42. The molecule has 0 spiro atoms. The van der Waals surface area contributed by atoms with Crippen LogP contribution in [-0.2, 0) is 0 Å². The van der Waals surface area contributed by atoms with E-state index in [0.29, 0.717) is 16.9 Å². The number of thiocarbonyl (C=S) groups is 1. The number of aromatic hydroxyl groups is 1. The number of nitrogens with two attached hydrogens (primary N) is 1. The third-order valence-corrected chi connectivity index (χ3v) is 3.51. The van der Waals surface area contributed by atoms with Crippen LogP contribution in [0.15, 0.2) is 46.9 Å². The second-order valence-corrected chi connectivity index (χ2v) is 5.21. The molecule has 2 aromatic rings. The van der Waals surface area contributed by atoms with Crippen molar-refractivity contribution in [3.05, 3.63) is 52.5 Å². The van der Waals surface area contributed by atoms with E-state index in [9.17, 15) is 5.11 Å². The first-order valence-electron chi connectivity index (χ1n) is 5.62. The van der Waals surface area contributed by atoms with Crippen LogP contribution in [-0.4, -0.2) is 10.2 Å². The maximum absolute atomic E-state index is 10.1. The molecule has 0 aliphatic heterocycles. The Bertz CT molecular complexity index is 712. The standard InChI is InChI=1S/C14H10BrN3OS/c15-10-3-1-2-4-11(10)18(14(17)20)12-6-5-9(8-16)7-13(12)19/h1-7,19H,(H2,17,20).